The van der Waals surface area contributed by atoms with Gasteiger partial charge in [0.1, 0.15) is 0 Å². The number of hydrogen-bond acceptors (Lipinski definition) is 2. The summed E-state index contributed by atoms with van der Waals surface area (Å²) in [5.74, 6) is 0.832. The van der Waals surface area contributed by atoms with E-state index in [0.717, 1.165) is 19.1 Å². The van der Waals surface area contributed by atoms with Gasteiger partial charge < -0.3 is 10.1 Å². The second-order valence-electron chi connectivity index (χ2n) is 3.03. The molecule has 1 aliphatic rings. The monoisotopic (exact) mass is 179 g/mol. The number of hydrogen-bond donors (Lipinski definition) is 1. The van der Waals surface area contributed by atoms with Crippen LogP contribution in [0.3, 0.4) is 0 Å². The van der Waals surface area contributed by atoms with Gasteiger partial charge in [-0.25, -0.2) is 0 Å². The van der Waals surface area contributed by atoms with E-state index in [1.165, 1.54) is 12.8 Å². The van der Waals surface area contributed by atoms with Crippen molar-refractivity contribution in [2.75, 3.05) is 20.3 Å². The zero-order valence-electron chi connectivity index (χ0n) is 7.30. The standard InChI is InChI=1S/C8H17NO.ClH/c1-7(9-2)8-3-5-10-6-4-8;/h7-9H,3-6H2,1-2H3;1H. The van der Waals surface area contributed by atoms with Crippen molar-refractivity contribution < 1.29 is 4.74 Å². The third-order valence-corrected chi connectivity index (χ3v) is 2.43. The molecule has 0 aromatic carbocycles. The van der Waals surface area contributed by atoms with Crippen molar-refractivity contribution in [3.8, 4) is 0 Å². The molecule has 1 saturated heterocycles. The Balaban J connectivity index is 0.000001000. The van der Waals surface area contributed by atoms with E-state index in [9.17, 15) is 0 Å². The molecule has 0 aromatic heterocycles. The van der Waals surface area contributed by atoms with Gasteiger partial charge in [0.05, 0.1) is 0 Å². The molecule has 1 rings (SSSR count). The number of ether oxygens (including phenoxy) is 1. The summed E-state index contributed by atoms with van der Waals surface area (Å²) < 4.78 is 5.27. The van der Waals surface area contributed by atoms with Gasteiger partial charge in [-0.3, -0.25) is 0 Å². The van der Waals surface area contributed by atoms with E-state index in [4.69, 9.17) is 4.74 Å². The quantitative estimate of drug-likeness (QED) is 0.693. The van der Waals surface area contributed by atoms with E-state index in [-0.39, 0.29) is 12.4 Å². The molecule has 1 aliphatic heterocycles. The third-order valence-electron chi connectivity index (χ3n) is 2.43. The van der Waals surface area contributed by atoms with Crippen molar-refractivity contribution in [3.05, 3.63) is 0 Å². The van der Waals surface area contributed by atoms with Crippen LogP contribution < -0.4 is 5.32 Å². The summed E-state index contributed by atoms with van der Waals surface area (Å²) in [5, 5.41) is 3.28. The Morgan fingerprint density at radius 1 is 1.36 bits per heavy atom. The lowest BCUT2D eigenvalue weighted by atomic mass is 9.93. The van der Waals surface area contributed by atoms with Gasteiger partial charge in [0.2, 0.25) is 0 Å². The third kappa shape index (κ3) is 3.41. The highest BCUT2D eigenvalue weighted by Gasteiger charge is 2.18. The molecule has 1 N–H and O–H groups in total. The second-order valence-corrected chi connectivity index (χ2v) is 3.03. The van der Waals surface area contributed by atoms with Crippen molar-refractivity contribution in [1.29, 1.82) is 0 Å². The first kappa shape index (κ1) is 11.2. The molecule has 68 valence electrons. The molecule has 11 heavy (non-hydrogen) atoms. The lowest BCUT2D eigenvalue weighted by Gasteiger charge is -2.27. The van der Waals surface area contributed by atoms with Gasteiger partial charge in [-0.1, -0.05) is 0 Å². The normalized spacial score (nSPS) is 22.4. The first-order valence-corrected chi connectivity index (χ1v) is 4.09. The average molecular weight is 180 g/mol. The van der Waals surface area contributed by atoms with Crippen LogP contribution in [-0.4, -0.2) is 26.3 Å². The molecule has 0 bridgehead atoms. The Kier molecular flexibility index (Phi) is 5.92. The largest absolute Gasteiger partial charge is 0.381 e. The lowest BCUT2D eigenvalue weighted by molar-refractivity contribution is 0.0569. The molecule has 1 unspecified atom stereocenters. The Morgan fingerprint density at radius 2 is 1.91 bits per heavy atom. The van der Waals surface area contributed by atoms with E-state index in [0.29, 0.717) is 6.04 Å². The zero-order chi connectivity index (χ0) is 7.40. The number of rotatable bonds is 2. The zero-order valence-corrected chi connectivity index (χ0v) is 8.12. The summed E-state index contributed by atoms with van der Waals surface area (Å²) in [4.78, 5) is 0. The van der Waals surface area contributed by atoms with Crippen LogP contribution in [0.5, 0.6) is 0 Å². The lowest BCUT2D eigenvalue weighted by Crippen LogP contribution is -2.34. The van der Waals surface area contributed by atoms with Gasteiger partial charge in [0.15, 0.2) is 0 Å². The topological polar surface area (TPSA) is 21.3 Å². The minimum Gasteiger partial charge on any atom is -0.381 e. The molecule has 3 heteroatoms. The molecule has 0 aromatic rings. The van der Waals surface area contributed by atoms with E-state index >= 15 is 0 Å². The van der Waals surface area contributed by atoms with Gasteiger partial charge in [-0.05, 0) is 32.7 Å². The summed E-state index contributed by atoms with van der Waals surface area (Å²) in [6.45, 7) is 4.16. The molecule has 2 nitrogen and oxygen atoms in total. The van der Waals surface area contributed by atoms with E-state index in [1.54, 1.807) is 0 Å². The number of nitrogens with one attached hydrogen (secondary N) is 1. The molecule has 0 spiro atoms. The maximum atomic E-state index is 5.27. The summed E-state index contributed by atoms with van der Waals surface area (Å²) in [5.41, 5.74) is 0. The molecular weight excluding hydrogens is 162 g/mol. The van der Waals surface area contributed by atoms with Crippen molar-refractivity contribution >= 4 is 12.4 Å². The van der Waals surface area contributed by atoms with Gasteiger partial charge in [-0.15, -0.1) is 12.4 Å². The van der Waals surface area contributed by atoms with Gasteiger partial charge in [0.25, 0.3) is 0 Å². The van der Waals surface area contributed by atoms with Crippen LogP contribution in [-0.2, 0) is 4.74 Å². The predicted octanol–water partition coefficient (Wildman–Crippen LogP) is 1.44. The molecule has 0 radical (unpaired) electrons. The Morgan fingerprint density at radius 3 is 2.36 bits per heavy atom. The first-order chi connectivity index (χ1) is 4.84. The van der Waals surface area contributed by atoms with Crippen LogP contribution >= 0.6 is 12.4 Å². The molecule has 1 heterocycles. The highest BCUT2D eigenvalue weighted by molar-refractivity contribution is 5.85. The fraction of sp³-hybridized carbons (Fsp3) is 1.00. The van der Waals surface area contributed by atoms with Gasteiger partial charge in [-0.2, -0.15) is 0 Å². The van der Waals surface area contributed by atoms with E-state index < -0.39 is 0 Å². The van der Waals surface area contributed by atoms with Crippen LogP contribution in [0.1, 0.15) is 19.8 Å². The minimum atomic E-state index is 0. The Hall–Kier alpha value is 0.210. The van der Waals surface area contributed by atoms with Crippen LogP contribution in [0, 0.1) is 5.92 Å². The minimum absolute atomic E-state index is 0. The molecule has 0 saturated carbocycles. The smallest absolute Gasteiger partial charge is 0.0469 e. The predicted molar refractivity (Wildman–Crippen MR) is 49.3 cm³/mol. The van der Waals surface area contributed by atoms with Crippen molar-refractivity contribution in [2.24, 2.45) is 5.92 Å². The van der Waals surface area contributed by atoms with Crippen LogP contribution in [0.25, 0.3) is 0 Å². The van der Waals surface area contributed by atoms with Crippen molar-refractivity contribution in [1.82, 2.24) is 5.32 Å². The SMILES string of the molecule is CNC(C)C1CCOCC1.Cl. The first-order valence-electron chi connectivity index (χ1n) is 4.09. The second kappa shape index (κ2) is 5.81. The Bertz CT molecular complexity index is 94.1. The molecular formula is C8H18ClNO. The Labute approximate surface area is 75.1 Å². The highest BCUT2D eigenvalue weighted by Crippen LogP contribution is 2.17. The summed E-state index contributed by atoms with van der Waals surface area (Å²) in [6, 6.07) is 0.656. The van der Waals surface area contributed by atoms with Gasteiger partial charge in [0, 0.05) is 19.3 Å². The van der Waals surface area contributed by atoms with E-state index in [1.807, 2.05) is 7.05 Å². The van der Waals surface area contributed by atoms with Gasteiger partial charge >= 0.3 is 0 Å². The fourth-order valence-electron chi connectivity index (χ4n) is 1.45. The van der Waals surface area contributed by atoms with E-state index in [2.05, 4.69) is 12.2 Å². The van der Waals surface area contributed by atoms with Crippen LogP contribution in [0.15, 0.2) is 0 Å². The van der Waals surface area contributed by atoms with Crippen LogP contribution in [0.4, 0.5) is 0 Å². The maximum absolute atomic E-state index is 5.27. The summed E-state index contributed by atoms with van der Waals surface area (Å²) >= 11 is 0. The molecule has 0 aliphatic carbocycles. The number of halogens is 1. The molecule has 1 fully saturated rings. The maximum Gasteiger partial charge on any atom is 0.0469 e. The summed E-state index contributed by atoms with van der Waals surface area (Å²) in [6.07, 6.45) is 2.45. The highest BCUT2D eigenvalue weighted by atomic mass is 35.5. The molecule has 1 atom stereocenters. The fourth-order valence-corrected chi connectivity index (χ4v) is 1.45. The average Bonchev–Trinajstić information content (AvgIpc) is 2.05. The molecule has 0 amide bonds. The summed E-state index contributed by atoms with van der Waals surface area (Å²) in [7, 11) is 2.03. The van der Waals surface area contributed by atoms with Crippen molar-refractivity contribution in [3.63, 3.8) is 0 Å². The van der Waals surface area contributed by atoms with Crippen molar-refractivity contribution in [2.45, 2.75) is 25.8 Å². The van der Waals surface area contributed by atoms with Crippen LogP contribution in [0.2, 0.25) is 0 Å².